The van der Waals surface area contributed by atoms with Gasteiger partial charge in [0, 0.05) is 33.0 Å². The van der Waals surface area contributed by atoms with E-state index in [0.717, 1.165) is 6.42 Å². The summed E-state index contributed by atoms with van der Waals surface area (Å²) >= 11 is 0. The van der Waals surface area contributed by atoms with Crippen LogP contribution in [0.3, 0.4) is 0 Å². The van der Waals surface area contributed by atoms with Crippen LogP contribution in [-0.2, 0) is 19.0 Å². The Kier molecular flexibility index (Phi) is 16.0. The average molecular weight is 598 g/mol. The molecule has 0 aliphatic carbocycles. The molecule has 1 rings (SSSR count). The SMILES string of the molecule is CCC(OC)C(C)CC(O)C(O)C(C)/C=C/C=C(\C)C1OC(=O)CC(O)CCC(C)(O)C(OC(=O)N(C)C)/C=C/C1C. The van der Waals surface area contributed by atoms with Gasteiger partial charge in [-0.15, -0.1) is 0 Å². The molecule has 42 heavy (non-hydrogen) atoms. The number of methoxy groups -OCH3 is 1. The van der Waals surface area contributed by atoms with Crippen LogP contribution in [0.5, 0.6) is 0 Å². The van der Waals surface area contributed by atoms with Crippen LogP contribution in [0.1, 0.15) is 73.6 Å². The normalized spacial score (nSPS) is 30.7. The highest BCUT2D eigenvalue weighted by Gasteiger charge is 2.36. The predicted molar refractivity (Wildman–Crippen MR) is 162 cm³/mol. The lowest BCUT2D eigenvalue weighted by atomic mass is 9.88. The molecule has 0 spiro atoms. The molecule has 10 heteroatoms. The quantitative estimate of drug-likeness (QED) is 0.159. The summed E-state index contributed by atoms with van der Waals surface area (Å²) in [4.78, 5) is 26.2. The number of carbonyl (C=O) groups excluding carboxylic acids is 2. The number of hydrogen-bond acceptors (Lipinski definition) is 9. The Balaban J connectivity index is 3.15. The van der Waals surface area contributed by atoms with Crippen LogP contribution in [0.2, 0.25) is 0 Å². The van der Waals surface area contributed by atoms with Crippen molar-refractivity contribution in [1.29, 1.82) is 0 Å². The molecule has 10 nitrogen and oxygen atoms in total. The third-order valence-electron chi connectivity index (χ3n) is 8.03. The Labute approximate surface area is 252 Å². The monoisotopic (exact) mass is 597 g/mol. The fourth-order valence-electron chi connectivity index (χ4n) is 5.08. The van der Waals surface area contributed by atoms with Gasteiger partial charge in [-0.1, -0.05) is 52.0 Å². The van der Waals surface area contributed by atoms with Crippen molar-refractivity contribution >= 4 is 12.1 Å². The summed E-state index contributed by atoms with van der Waals surface area (Å²) in [5.41, 5.74) is -0.770. The molecule has 0 aromatic rings. The number of amides is 1. The summed E-state index contributed by atoms with van der Waals surface area (Å²) in [5, 5.41) is 42.8. The Morgan fingerprint density at radius 3 is 2.48 bits per heavy atom. The number of hydrogen-bond donors (Lipinski definition) is 4. The van der Waals surface area contributed by atoms with Gasteiger partial charge in [0.2, 0.25) is 0 Å². The third-order valence-corrected chi connectivity index (χ3v) is 8.03. The molecule has 10 unspecified atom stereocenters. The number of ether oxygens (including phenoxy) is 3. The third kappa shape index (κ3) is 12.2. The van der Waals surface area contributed by atoms with Gasteiger partial charge >= 0.3 is 12.1 Å². The number of aliphatic hydroxyl groups is 4. The number of aliphatic hydroxyl groups excluding tert-OH is 3. The van der Waals surface area contributed by atoms with E-state index in [0.29, 0.717) is 12.0 Å². The predicted octanol–water partition coefficient (Wildman–Crippen LogP) is 3.76. The van der Waals surface area contributed by atoms with Crippen LogP contribution in [0.15, 0.2) is 36.0 Å². The number of cyclic esters (lactones) is 1. The zero-order valence-corrected chi connectivity index (χ0v) is 26.9. The van der Waals surface area contributed by atoms with Gasteiger partial charge in [0.15, 0.2) is 6.10 Å². The van der Waals surface area contributed by atoms with Crippen LogP contribution in [-0.4, -0.2) is 101 Å². The molecule has 242 valence electrons. The number of esters is 1. The van der Waals surface area contributed by atoms with Crippen LogP contribution in [0.25, 0.3) is 0 Å². The minimum Gasteiger partial charge on any atom is -0.457 e. The molecule has 0 aromatic heterocycles. The van der Waals surface area contributed by atoms with E-state index >= 15 is 0 Å². The molecule has 0 saturated carbocycles. The molecule has 1 aliphatic heterocycles. The van der Waals surface area contributed by atoms with Gasteiger partial charge in [-0.25, -0.2) is 4.79 Å². The van der Waals surface area contributed by atoms with Crippen molar-refractivity contribution in [2.24, 2.45) is 17.8 Å². The molecule has 4 N–H and O–H groups in total. The maximum absolute atomic E-state index is 12.7. The molecule has 1 heterocycles. The van der Waals surface area contributed by atoms with E-state index < -0.39 is 48.2 Å². The van der Waals surface area contributed by atoms with Crippen LogP contribution in [0.4, 0.5) is 4.79 Å². The van der Waals surface area contributed by atoms with Gasteiger partial charge < -0.3 is 39.5 Å². The standard InChI is InChI=1S/C32H55NO9/c1-10-26(40-9)23(5)18-25(35)29(37)20(2)12-11-13-21(3)30-22(4)14-15-27(41-31(38)33(7)8)32(6,39)17-16-24(34)19-28(36)42-30/h11-15,20,22-27,29-30,34-35,37,39H,10,16-19H2,1-9H3/b12-11+,15-14+,21-13+. The first-order valence-corrected chi connectivity index (χ1v) is 14.9. The van der Waals surface area contributed by atoms with Crippen molar-refractivity contribution < 1.29 is 44.2 Å². The second-order valence-electron chi connectivity index (χ2n) is 12.2. The highest BCUT2D eigenvalue weighted by atomic mass is 16.6. The average Bonchev–Trinajstić information content (AvgIpc) is 2.91. The highest BCUT2D eigenvalue weighted by molar-refractivity contribution is 5.70. The van der Waals surface area contributed by atoms with E-state index in [-0.39, 0.29) is 43.1 Å². The summed E-state index contributed by atoms with van der Waals surface area (Å²) in [7, 11) is 4.74. The van der Waals surface area contributed by atoms with Gasteiger partial charge in [-0.2, -0.15) is 0 Å². The molecule has 0 bridgehead atoms. The fraction of sp³-hybridized carbons (Fsp3) is 0.750. The van der Waals surface area contributed by atoms with Crippen molar-refractivity contribution in [3.8, 4) is 0 Å². The van der Waals surface area contributed by atoms with Gasteiger partial charge in [-0.05, 0) is 57.1 Å². The van der Waals surface area contributed by atoms with Gasteiger partial charge in [0.05, 0.1) is 30.8 Å². The minimum absolute atomic E-state index is 0.00975. The van der Waals surface area contributed by atoms with Crippen LogP contribution < -0.4 is 0 Å². The first-order valence-electron chi connectivity index (χ1n) is 14.9. The molecule has 0 aromatic carbocycles. The summed E-state index contributed by atoms with van der Waals surface area (Å²) in [5.74, 6) is -1.20. The van der Waals surface area contributed by atoms with E-state index in [1.54, 1.807) is 51.6 Å². The second-order valence-corrected chi connectivity index (χ2v) is 12.2. The zero-order chi connectivity index (χ0) is 32.2. The Morgan fingerprint density at radius 2 is 1.90 bits per heavy atom. The first-order chi connectivity index (χ1) is 19.5. The molecule has 0 saturated heterocycles. The van der Waals surface area contributed by atoms with E-state index in [9.17, 15) is 30.0 Å². The van der Waals surface area contributed by atoms with Crippen LogP contribution in [0, 0.1) is 17.8 Å². The molecule has 1 aliphatic rings. The number of nitrogens with zero attached hydrogens (tertiary/aromatic N) is 1. The van der Waals surface area contributed by atoms with Crippen molar-refractivity contribution in [1.82, 2.24) is 4.90 Å². The molecular weight excluding hydrogens is 542 g/mol. The maximum atomic E-state index is 12.7. The Morgan fingerprint density at radius 1 is 1.26 bits per heavy atom. The van der Waals surface area contributed by atoms with E-state index in [4.69, 9.17) is 14.2 Å². The lowest BCUT2D eigenvalue weighted by Gasteiger charge is -2.33. The van der Waals surface area contributed by atoms with Crippen molar-refractivity contribution in [3.05, 3.63) is 36.0 Å². The topological polar surface area (TPSA) is 146 Å². The molecule has 0 radical (unpaired) electrons. The number of rotatable bonds is 11. The van der Waals surface area contributed by atoms with Gasteiger partial charge in [-0.3, -0.25) is 4.79 Å². The summed E-state index contributed by atoms with van der Waals surface area (Å²) < 4.78 is 16.8. The minimum atomic E-state index is -1.48. The second kappa shape index (κ2) is 17.8. The summed E-state index contributed by atoms with van der Waals surface area (Å²) in [6, 6.07) is 0. The zero-order valence-electron chi connectivity index (χ0n) is 26.9. The van der Waals surface area contributed by atoms with Gasteiger partial charge in [0.25, 0.3) is 0 Å². The number of allylic oxidation sites excluding steroid dienone is 2. The number of carbonyl (C=O) groups is 2. The van der Waals surface area contributed by atoms with E-state index in [1.165, 1.54) is 11.8 Å². The lowest BCUT2D eigenvalue weighted by molar-refractivity contribution is -0.151. The molecule has 1 amide bonds. The van der Waals surface area contributed by atoms with Crippen LogP contribution >= 0.6 is 0 Å². The Hall–Kier alpha value is -2.24. The summed E-state index contributed by atoms with van der Waals surface area (Å²) in [6.45, 7) is 11.0. The van der Waals surface area contributed by atoms with Crippen molar-refractivity contribution in [2.75, 3.05) is 21.2 Å². The fourth-order valence-corrected chi connectivity index (χ4v) is 5.08. The molecule has 0 fully saturated rings. The Bertz CT molecular complexity index is 925. The maximum Gasteiger partial charge on any atom is 0.409 e. The highest BCUT2D eigenvalue weighted by Crippen LogP contribution is 2.27. The molecular formula is C32H55NO9. The smallest absolute Gasteiger partial charge is 0.409 e. The van der Waals surface area contributed by atoms with E-state index in [2.05, 4.69) is 0 Å². The van der Waals surface area contributed by atoms with E-state index in [1.807, 2.05) is 34.6 Å². The largest absolute Gasteiger partial charge is 0.457 e. The van der Waals surface area contributed by atoms with Crippen molar-refractivity contribution in [3.63, 3.8) is 0 Å². The lowest BCUT2D eigenvalue weighted by Crippen LogP contribution is -2.44. The molecule has 10 atom stereocenters. The van der Waals surface area contributed by atoms with Gasteiger partial charge in [0.1, 0.15) is 11.7 Å². The first kappa shape index (κ1) is 37.8. The summed E-state index contributed by atoms with van der Waals surface area (Å²) in [6.07, 6.45) is 4.63. The van der Waals surface area contributed by atoms with Crippen molar-refractivity contribution in [2.45, 2.75) is 116 Å².